The number of hydrogen-bond donors (Lipinski definition) is 1. The van der Waals surface area contributed by atoms with Gasteiger partial charge < -0.3 is 5.32 Å². The molecule has 0 bridgehead atoms. The second-order valence-corrected chi connectivity index (χ2v) is 8.47. The highest BCUT2D eigenvalue weighted by atomic mass is 35.5. The maximum absolute atomic E-state index is 12.6. The zero-order chi connectivity index (χ0) is 21.8. The molecule has 0 spiro atoms. The molecular formula is C24H21ClN4OS. The Morgan fingerprint density at radius 3 is 2.29 bits per heavy atom. The molecule has 1 N–H and O–H groups in total. The molecule has 0 saturated heterocycles. The van der Waals surface area contributed by atoms with E-state index in [1.807, 2.05) is 91.2 Å². The van der Waals surface area contributed by atoms with E-state index in [0.717, 1.165) is 28.1 Å². The van der Waals surface area contributed by atoms with Crippen LogP contribution in [0.25, 0.3) is 17.1 Å². The summed E-state index contributed by atoms with van der Waals surface area (Å²) in [6.45, 7) is 3.97. The van der Waals surface area contributed by atoms with Gasteiger partial charge in [-0.05, 0) is 61.4 Å². The quantitative estimate of drug-likeness (QED) is 0.371. The van der Waals surface area contributed by atoms with Crippen molar-refractivity contribution >= 4 is 35.0 Å². The first-order valence-electron chi connectivity index (χ1n) is 9.78. The Labute approximate surface area is 190 Å². The zero-order valence-electron chi connectivity index (χ0n) is 17.2. The molecule has 7 heteroatoms. The van der Waals surface area contributed by atoms with E-state index in [4.69, 9.17) is 11.6 Å². The summed E-state index contributed by atoms with van der Waals surface area (Å²) in [6.07, 6.45) is 0. The van der Waals surface area contributed by atoms with Crippen LogP contribution in [0.3, 0.4) is 0 Å². The monoisotopic (exact) mass is 448 g/mol. The largest absolute Gasteiger partial charge is 0.325 e. The first kappa shape index (κ1) is 21.2. The van der Waals surface area contributed by atoms with Gasteiger partial charge in [0.2, 0.25) is 5.91 Å². The van der Waals surface area contributed by atoms with Crippen LogP contribution in [-0.2, 0) is 4.79 Å². The van der Waals surface area contributed by atoms with Gasteiger partial charge in [-0.15, -0.1) is 10.2 Å². The molecule has 5 nitrogen and oxygen atoms in total. The van der Waals surface area contributed by atoms with Gasteiger partial charge in [0.15, 0.2) is 11.0 Å². The Bertz CT molecular complexity index is 1190. The lowest BCUT2D eigenvalue weighted by Gasteiger charge is -2.12. The number of halogens is 1. The van der Waals surface area contributed by atoms with Crippen LogP contribution in [0.15, 0.2) is 78.0 Å². The second-order valence-electron chi connectivity index (χ2n) is 7.09. The number of nitrogens with zero attached hydrogens (tertiary/aromatic N) is 3. The van der Waals surface area contributed by atoms with Crippen molar-refractivity contribution in [2.45, 2.75) is 19.0 Å². The second kappa shape index (κ2) is 9.37. The van der Waals surface area contributed by atoms with Gasteiger partial charge in [-0.2, -0.15) is 0 Å². The predicted octanol–water partition coefficient (Wildman–Crippen LogP) is 5.94. The van der Waals surface area contributed by atoms with Crippen molar-refractivity contribution in [2.75, 3.05) is 11.1 Å². The van der Waals surface area contributed by atoms with Crippen molar-refractivity contribution in [2.24, 2.45) is 0 Å². The third kappa shape index (κ3) is 4.81. The van der Waals surface area contributed by atoms with Crippen molar-refractivity contribution in [1.82, 2.24) is 14.8 Å². The molecule has 3 aromatic carbocycles. The van der Waals surface area contributed by atoms with Crippen molar-refractivity contribution < 1.29 is 4.79 Å². The molecule has 31 heavy (non-hydrogen) atoms. The van der Waals surface area contributed by atoms with Crippen LogP contribution in [0.2, 0.25) is 5.02 Å². The van der Waals surface area contributed by atoms with E-state index in [0.29, 0.717) is 16.0 Å². The number of amides is 1. The van der Waals surface area contributed by atoms with Gasteiger partial charge in [0.25, 0.3) is 0 Å². The fraction of sp³-hybridized carbons (Fsp3) is 0.125. The molecule has 4 rings (SSSR count). The molecule has 0 fully saturated rings. The molecule has 4 aromatic rings. The number of benzene rings is 3. The third-order valence-corrected chi connectivity index (χ3v) is 6.01. The Morgan fingerprint density at radius 2 is 1.61 bits per heavy atom. The average Bonchev–Trinajstić information content (AvgIpc) is 3.20. The highest BCUT2D eigenvalue weighted by Crippen LogP contribution is 2.29. The summed E-state index contributed by atoms with van der Waals surface area (Å²) < 4.78 is 1.96. The molecule has 1 amide bonds. The number of carbonyl (C=O) groups is 1. The van der Waals surface area contributed by atoms with E-state index in [9.17, 15) is 4.79 Å². The minimum Gasteiger partial charge on any atom is -0.325 e. The summed E-state index contributed by atoms with van der Waals surface area (Å²) in [5.41, 5.74) is 4.76. The number of nitrogens with one attached hydrogen (secondary N) is 1. The van der Waals surface area contributed by atoms with Gasteiger partial charge >= 0.3 is 0 Å². The molecule has 1 aromatic heterocycles. The van der Waals surface area contributed by atoms with Gasteiger partial charge in [0, 0.05) is 22.0 Å². The number of para-hydroxylation sites is 2. The summed E-state index contributed by atoms with van der Waals surface area (Å²) >= 11 is 7.39. The molecule has 0 aliphatic carbocycles. The van der Waals surface area contributed by atoms with Crippen LogP contribution < -0.4 is 5.32 Å². The SMILES string of the molecule is Cc1cccc(C)c1NC(=O)CSc1nnc(-c2ccc(Cl)cc2)n1-c1ccccc1. The Hall–Kier alpha value is -3.09. The van der Waals surface area contributed by atoms with Crippen LogP contribution in [0.4, 0.5) is 5.69 Å². The maximum Gasteiger partial charge on any atom is 0.234 e. The van der Waals surface area contributed by atoms with E-state index in [1.54, 1.807) is 0 Å². The Kier molecular flexibility index (Phi) is 6.39. The molecule has 0 atom stereocenters. The van der Waals surface area contributed by atoms with Gasteiger partial charge in [0.05, 0.1) is 5.75 Å². The number of aromatic nitrogens is 3. The smallest absolute Gasteiger partial charge is 0.234 e. The van der Waals surface area contributed by atoms with Crippen LogP contribution in [-0.4, -0.2) is 26.4 Å². The van der Waals surface area contributed by atoms with Crippen molar-refractivity contribution in [3.05, 3.63) is 88.9 Å². The lowest BCUT2D eigenvalue weighted by molar-refractivity contribution is -0.113. The highest BCUT2D eigenvalue weighted by molar-refractivity contribution is 7.99. The van der Waals surface area contributed by atoms with Crippen LogP contribution in [0.5, 0.6) is 0 Å². The van der Waals surface area contributed by atoms with Crippen molar-refractivity contribution in [3.63, 3.8) is 0 Å². The maximum atomic E-state index is 12.6. The summed E-state index contributed by atoms with van der Waals surface area (Å²) in [4.78, 5) is 12.6. The predicted molar refractivity (Wildman–Crippen MR) is 127 cm³/mol. The molecule has 0 aliphatic rings. The lowest BCUT2D eigenvalue weighted by atomic mass is 10.1. The molecule has 0 radical (unpaired) electrons. The van der Waals surface area contributed by atoms with Crippen LogP contribution in [0, 0.1) is 13.8 Å². The molecule has 0 saturated carbocycles. The van der Waals surface area contributed by atoms with E-state index in [1.165, 1.54) is 11.8 Å². The minimum atomic E-state index is -0.0851. The van der Waals surface area contributed by atoms with Crippen LogP contribution in [0.1, 0.15) is 11.1 Å². The highest BCUT2D eigenvalue weighted by Gasteiger charge is 2.17. The molecule has 156 valence electrons. The normalized spacial score (nSPS) is 10.8. The molecular weight excluding hydrogens is 428 g/mol. The number of aryl methyl sites for hydroxylation is 2. The topological polar surface area (TPSA) is 59.8 Å². The fourth-order valence-corrected chi connectivity index (χ4v) is 4.15. The summed E-state index contributed by atoms with van der Waals surface area (Å²) in [6, 6.07) is 23.3. The minimum absolute atomic E-state index is 0.0851. The number of thioether (sulfide) groups is 1. The lowest BCUT2D eigenvalue weighted by Crippen LogP contribution is -2.16. The van der Waals surface area contributed by atoms with E-state index < -0.39 is 0 Å². The number of carbonyl (C=O) groups excluding carboxylic acids is 1. The number of anilines is 1. The molecule has 0 unspecified atom stereocenters. The first-order chi connectivity index (χ1) is 15.0. The van der Waals surface area contributed by atoms with Crippen molar-refractivity contribution in [3.8, 4) is 17.1 Å². The van der Waals surface area contributed by atoms with Crippen molar-refractivity contribution in [1.29, 1.82) is 0 Å². The Balaban J connectivity index is 1.60. The first-order valence-corrected chi connectivity index (χ1v) is 11.1. The fourth-order valence-electron chi connectivity index (χ4n) is 3.28. The number of rotatable bonds is 6. The Morgan fingerprint density at radius 1 is 0.935 bits per heavy atom. The number of hydrogen-bond acceptors (Lipinski definition) is 4. The van der Waals surface area contributed by atoms with Gasteiger partial charge in [-0.1, -0.05) is 59.8 Å². The standard InChI is InChI=1S/C24H21ClN4OS/c1-16-7-6-8-17(2)22(16)26-21(30)15-31-24-28-27-23(18-11-13-19(25)14-12-18)29(24)20-9-4-3-5-10-20/h3-14H,15H2,1-2H3,(H,26,30). The average molecular weight is 449 g/mol. The molecule has 1 heterocycles. The third-order valence-electron chi connectivity index (χ3n) is 4.83. The van der Waals surface area contributed by atoms with Gasteiger partial charge in [0.1, 0.15) is 0 Å². The summed E-state index contributed by atoms with van der Waals surface area (Å²) in [7, 11) is 0. The van der Waals surface area contributed by atoms with Crippen LogP contribution >= 0.6 is 23.4 Å². The zero-order valence-corrected chi connectivity index (χ0v) is 18.7. The van der Waals surface area contributed by atoms with Gasteiger partial charge in [-0.3, -0.25) is 9.36 Å². The molecule has 0 aliphatic heterocycles. The van der Waals surface area contributed by atoms with Gasteiger partial charge in [-0.25, -0.2) is 0 Å². The van der Waals surface area contributed by atoms with E-state index in [-0.39, 0.29) is 11.7 Å². The summed E-state index contributed by atoms with van der Waals surface area (Å²) in [5, 5.41) is 13.1. The van der Waals surface area contributed by atoms with E-state index >= 15 is 0 Å². The van der Waals surface area contributed by atoms with E-state index in [2.05, 4.69) is 15.5 Å². The summed E-state index contributed by atoms with van der Waals surface area (Å²) in [5.74, 6) is 0.831.